The van der Waals surface area contributed by atoms with Crippen LogP contribution in [0.1, 0.15) is 41.2 Å². The molecule has 0 radical (unpaired) electrons. The Morgan fingerprint density at radius 3 is 2.40 bits per heavy atom. The Bertz CT molecular complexity index is 563. The number of hydroxylamine groups is 2. The van der Waals surface area contributed by atoms with Crippen LogP contribution in [0.3, 0.4) is 0 Å². The summed E-state index contributed by atoms with van der Waals surface area (Å²) < 4.78 is 0. The van der Waals surface area contributed by atoms with Crippen molar-refractivity contribution in [2.45, 2.75) is 40.0 Å². The number of nitrogens with one attached hydrogen (secondary N) is 1. The van der Waals surface area contributed by atoms with Gasteiger partial charge in [0, 0.05) is 5.69 Å². The number of rotatable bonds is 5. The lowest BCUT2D eigenvalue weighted by molar-refractivity contribution is -0.208. The summed E-state index contributed by atoms with van der Waals surface area (Å²) in [6.45, 7) is 6.32. The van der Waals surface area contributed by atoms with Crippen LogP contribution < -0.4 is 0 Å². The molecule has 0 aliphatic heterocycles. The molecule has 0 bridgehead atoms. The summed E-state index contributed by atoms with van der Waals surface area (Å²) in [6.07, 6.45) is -0.139. The van der Waals surface area contributed by atoms with Crippen molar-refractivity contribution in [1.29, 1.82) is 0 Å². The summed E-state index contributed by atoms with van der Waals surface area (Å²) >= 11 is 0. The number of aliphatic hydroxyl groups is 1. The number of aromatic nitrogens is 1. The van der Waals surface area contributed by atoms with Gasteiger partial charge in [-0.1, -0.05) is 37.3 Å². The van der Waals surface area contributed by atoms with Gasteiger partial charge in [0.05, 0.1) is 12.2 Å². The lowest BCUT2D eigenvalue weighted by Gasteiger charge is -2.21. The molecule has 1 unspecified atom stereocenters. The summed E-state index contributed by atoms with van der Waals surface area (Å²) in [5, 5.41) is 21.3. The molecule has 108 valence electrons. The molecule has 0 fully saturated rings. The van der Waals surface area contributed by atoms with E-state index in [0.717, 1.165) is 28.3 Å². The van der Waals surface area contributed by atoms with E-state index in [1.54, 1.807) is 0 Å². The minimum Gasteiger partial charge on any atom is -0.371 e. The molecule has 1 heterocycles. The predicted octanol–water partition coefficient (Wildman–Crippen LogP) is 3.08. The second-order valence-electron chi connectivity index (χ2n) is 5.08. The zero-order valence-electron chi connectivity index (χ0n) is 12.2. The van der Waals surface area contributed by atoms with Crippen LogP contribution in [-0.4, -0.2) is 20.4 Å². The van der Waals surface area contributed by atoms with Crippen LogP contribution in [0.2, 0.25) is 0 Å². The molecule has 4 nitrogen and oxygen atoms in total. The minimum atomic E-state index is -1.05. The van der Waals surface area contributed by atoms with Gasteiger partial charge in [0.25, 0.3) is 0 Å². The molecular weight excluding hydrogens is 252 g/mol. The van der Waals surface area contributed by atoms with Crippen LogP contribution in [-0.2, 0) is 13.0 Å². The first kappa shape index (κ1) is 14.8. The van der Waals surface area contributed by atoms with Crippen LogP contribution in [0, 0.1) is 13.8 Å². The maximum absolute atomic E-state index is 10.3. The van der Waals surface area contributed by atoms with E-state index in [1.165, 1.54) is 5.56 Å². The molecule has 3 N–H and O–H groups in total. The lowest BCUT2D eigenvalue weighted by Crippen LogP contribution is -2.25. The topological polar surface area (TPSA) is 59.5 Å². The van der Waals surface area contributed by atoms with Crippen molar-refractivity contribution in [2.75, 3.05) is 0 Å². The van der Waals surface area contributed by atoms with Crippen LogP contribution in [0.15, 0.2) is 30.3 Å². The average molecular weight is 274 g/mol. The normalized spacial score (nSPS) is 12.9. The number of aryl methyl sites for hydroxylation is 1. The highest BCUT2D eigenvalue weighted by Crippen LogP contribution is 2.26. The van der Waals surface area contributed by atoms with Crippen molar-refractivity contribution in [3.05, 3.63) is 58.4 Å². The van der Waals surface area contributed by atoms with Gasteiger partial charge in [-0.05, 0) is 37.0 Å². The van der Waals surface area contributed by atoms with E-state index >= 15 is 0 Å². The molecule has 0 spiro atoms. The summed E-state index contributed by atoms with van der Waals surface area (Å²) in [4.78, 5) is 3.18. The number of hydrogen-bond donors (Lipinski definition) is 3. The SMILES string of the molecule is CCc1c(C)[nH]c(C(O)N(O)Cc2ccccc2)c1C. The van der Waals surface area contributed by atoms with Gasteiger partial charge in [-0.3, -0.25) is 0 Å². The second kappa shape index (κ2) is 6.22. The summed E-state index contributed by atoms with van der Waals surface area (Å²) in [6, 6.07) is 9.58. The number of nitrogens with zero attached hydrogens (tertiary/aromatic N) is 1. The van der Waals surface area contributed by atoms with Gasteiger partial charge >= 0.3 is 0 Å². The van der Waals surface area contributed by atoms with Crippen LogP contribution in [0.5, 0.6) is 0 Å². The maximum Gasteiger partial charge on any atom is 0.170 e. The molecule has 20 heavy (non-hydrogen) atoms. The Hall–Kier alpha value is -1.62. The van der Waals surface area contributed by atoms with Gasteiger partial charge < -0.3 is 15.3 Å². The monoisotopic (exact) mass is 274 g/mol. The number of aliphatic hydroxyl groups excluding tert-OH is 1. The van der Waals surface area contributed by atoms with Gasteiger partial charge in [0.1, 0.15) is 0 Å². The van der Waals surface area contributed by atoms with E-state index in [1.807, 2.05) is 44.2 Å². The van der Waals surface area contributed by atoms with Gasteiger partial charge in [0.15, 0.2) is 6.23 Å². The lowest BCUT2D eigenvalue weighted by atomic mass is 10.1. The minimum absolute atomic E-state index is 0.279. The van der Waals surface area contributed by atoms with Gasteiger partial charge in [-0.25, -0.2) is 0 Å². The number of aromatic amines is 1. The largest absolute Gasteiger partial charge is 0.371 e. The van der Waals surface area contributed by atoms with Crippen LogP contribution >= 0.6 is 0 Å². The van der Waals surface area contributed by atoms with Crippen molar-refractivity contribution in [3.63, 3.8) is 0 Å². The molecule has 1 atom stereocenters. The standard InChI is InChI=1S/C16H22N2O2/c1-4-14-11(2)15(17-12(14)3)16(19)18(20)10-13-8-6-5-7-9-13/h5-9,16-17,19-20H,4,10H2,1-3H3. The molecule has 1 aromatic carbocycles. The molecule has 0 aliphatic carbocycles. The highest BCUT2D eigenvalue weighted by atomic mass is 16.5. The zero-order valence-corrected chi connectivity index (χ0v) is 12.2. The van der Waals surface area contributed by atoms with E-state index in [9.17, 15) is 10.3 Å². The third-order valence-electron chi connectivity index (χ3n) is 3.71. The summed E-state index contributed by atoms with van der Waals surface area (Å²) in [5.41, 5.74) is 4.88. The molecule has 1 aromatic heterocycles. The fraction of sp³-hybridized carbons (Fsp3) is 0.375. The average Bonchev–Trinajstić information content (AvgIpc) is 2.73. The molecule has 0 saturated carbocycles. The van der Waals surface area contributed by atoms with Crippen LogP contribution in [0.4, 0.5) is 0 Å². The van der Waals surface area contributed by atoms with E-state index in [0.29, 0.717) is 5.69 Å². The summed E-state index contributed by atoms with van der Waals surface area (Å²) in [5.74, 6) is 0. The Kier molecular flexibility index (Phi) is 4.60. The smallest absolute Gasteiger partial charge is 0.170 e. The predicted molar refractivity (Wildman–Crippen MR) is 78.4 cm³/mol. The molecule has 0 aliphatic rings. The number of benzene rings is 1. The first-order chi connectivity index (χ1) is 9.54. The Morgan fingerprint density at radius 2 is 1.85 bits per heavy atom. The third kappa shape index (κ3) is 2.93. The highest BCUT2D eigenvalue weighted by molar-refractivity contribution is 5.36. The van der Waals surface area contributed by atoms with E-state index < -0.39 is 6.23 Å². The third-order valence-corrected chi connectivity index (χ3v) is 3.71. The van der Waals surface area contributed by atoms with Crippen molar-refractivity contribution >= 4 is 0 Å². The number of H-pyrrole nitrogens is 1. The van der Waals surface area contributed by atoms with E-state index in [2.05, 4.69) is 11.9 Å². The van der Waals surface area contributed by atoms with Gasteiger partial charge in [-0.15, -0.1) is 0 Å². The first-order valence-corrected chi connectivity index (χ1v) is 6.90. The Balaban J connectivity index is 2.16. The Labute approximate surface area is 119 Å². The van der Waals surface area contributed by atoms with Crippen molar-refractivity contribution < 1.29 is 10.3 Å². The fourth-order valence-corrected chi connectivity index (χ4v) is 2.61. The maximum atomic E-state index is 10.3. The van der Waals surface area contributed by atoms with Gasteiger partial charge in [-0.2, -0.15) is 5.06 Å². The fourth-order valence-electron chi connectivity index (χ4n) is 2.61. The zero-order chi connectivity index (χ0) is 14.7. The molecule has 4 heteroatoms. The number of hydrogen-bond acceptors (Lipinski definition) is 3. The molecule has 0 amide bonds. The molecule has 2 aromatic rings. The van der Waals surface area contributed by atoms with Crippen LogP contribution in [0.25, 0.3) is 0 Å². The quantitative estimate of drug-likeness (QED) is 0.580. The van der Waals surface area contributed by atoms with Crippen molar-refractivity contribution in [1.82, 2.24) is 10.0 Å². The highest BCUT2D eigenvalue weighted by Gasteiger charge is 2.22. The van der Waals surface area contributed by atoms with E-state index in [4.69, 9.17) is 0 Å². The second-order valence-corrected chi connectivity index (χ2v) is 5.08. The molecule has 0 saturated heterocycles. The van der Waals surface area contributed by atoms with Crippen molar-refractivity contribution in [3.8, 4) is 0 Å². The summed E-state index contributed by atoms with van der Waals surface area (Å²) in [7, 11) is 0. The molecule has 2 rings (SSSR count). The first-order valence-electron chi connectivity index (χ1n) is 6.90. The van der Waals surface area contributed by atoms with Crippen molar-refractivity contribution in [2.24, 2.45) is 0 Å². The van der Waals surface area contributed by atoms with E-state index in [-0.39, 0.29) is 6.54 Å². The van der Waals surface area contributed by atoms with Gasteiger partial charge in [0.2, 0.25) is 0 Å². The Morgan fingerprint density at radius 1 is 1.20 bits per heavy atom. The molecular formula is C16H22N2O2.